The lowest BCUT2D eigenvalue weighted by Gasteiger charge is -2.36. The molecule has 0 bridgehead atoms. The van der Waals surface area contributed by atoms with Gasteiger partial charge < -0.3 is 5.32 Å². The zero-order valence-electron chi connectivity index (χ0n) is 16.4. The molecule has 1 aliphatic heterocycles. The maximum absolute atomic E-state index is 14.6. The summed E-state index contributed by atoms with van der Waals surface area (Å²) < 4.78 is 58.8. The number of halogens is 4. The van der Waals surface area contributed by atoms with Gasteiger partial charge in [-0.25, -0.2) is 8.78 Å². The van der Waals surface area contributed by atoms with Crippen molar-refractivity contribution in [3.8, 4) is 0 Å². The number of piperazine rings is 1. The predicted molar refractivity (Wildman–Crippen MR) is 125 cm³/mol. The van der Waals surface area contributed by atoms with E-state index >= 15 is 0 Å². The van der Waals surface area contributed by atoms with E-state index in [2.05, 4.69) is 51.4 Å². The molecule has 1 saturated heterocycles. The van der Waals surface area contributed by atoms with Crippen LogP contribution in [-0.2, 0) is 10.2 Å². The zero-order valence-corrected chi connectivity index (χ0v) is 20.2. The van der Waals surface area contributed by atoms with E-state index in [-0.39, 0.29) is 11.4 Å². The number of nitrogens with one attached hydrogen (secondary N) is 2. The Hall–Kier alpha value is -1.21. The van der Waals surface area contributed by atoms with Crippen LogP contribution in [0.15, 0.2) is 30.3 Å². The lowest BCUT2D eigenvalue weighted by Crippen LogP contribution is -2.51. The molecule has 30 heavy (non-hydrogen) atoms. The Morgan fingerprint density at radius 2 is 1.70 bits per heavy atom. The average molecular weight is 571 g/mol. The Morgan fingerprint density at radius 3 is 2.30 bits per heavy atom. The SMILES string of the molecule is CC(C)N1CCN(S(=O)(=O)Nc2ccc(F)c(F)c2Nc2ccc(I)cc2Cl)CC1. The second-order valence-electron chi connectivity index (χ2n) is 7.17. The van der Waals surface area contributed by atoms with Gasteiger partial charge in [-0.3, -0.25) is 9.62 Å². The molecule has 6 nitrogen and oxygen atoms in total. The van der Waals surface area contributed by atoms with Crippen molar-refractivity contribution in [2.24, 2.45) is 0 Å². The fraction of sp³-hybridized carbons (Fsp3) is 0.368. The minimum Gasteiger partial charge on any atom is -0.350 e. The summed E-state index contributed by atoms with van der Waals surface area (Å²) in [5.74, 6) is -2.30. The minimum absolute atomic E-state index is 0.102. The van der Waals surface area contributed by atoms with Crippen molar-refractivity contribution in [1.29, 1.82) is 0 Å². The Bertz CT molecular complexity index is 1030. The summed E-state index contributed by atoms with van der Waals surface area (Å²) in [5, 5.41) is 3.02. The second kappa shape index (κ2) is 9.51. The largest absolute Gasteiger partial charge is 0.350 e. The molecule has 0 spiro atoms. The summed E-state index contributed by atoms with van der Waals surface area (Å²) in [7, 11) is -3.95. The quantitative estimate of drug-likeness (QED) is 0.497. The molecule has 0 unspecified atom stereocenters. The number of benzene rings is 2. The highest BCUT2D eigenvalue weighted by atomic mass is 127. The van der Waals surface area contributed by atoms with Crippen molar-refractivity contribution in [3.63, 3.8) is 0 Å². The molecule has 0 amide bonds. The van der Waals surface area contributed by atoms with Gasteiger partial charge in [-0.15, -0.1) is 0 Å². The van der Waals surface area contributed by atoms with Crippen molar-refractivity contribution in [2.75, 3.05) is 36.2 Å². The van der Waals surface area contributed by atoms with E-state index in [1.165, 1.54) is 10.4 Å². The number of anilines is 3. The first kappa shape index (κ1) is 23.5. The van der Waals surface area contributed by atoms with Gasteiger partial charge >= 0.3 is 10.2 Å². The fourth-order valence-electron chi connectivity index (χ4n) is 3.15. The predicted octanol–water partition coefficient (Wildman–Crippen LogP) is 4.65. The molecule has 2 aromatic carbocycles. The van der Waals surface area contributed by atoms with Crippen molar-refractivity contribution in [2.45, 2.75) is 19.9 Å². The third-order valence-corrected chi connectivity index (χ3v) is 7.37. The summed E-state index contributed by atoms with van der Waals surface area (Å²) in [5.41, 5.74) is -0.107. The van der Waals surface area contributed by atoms with Crippen molar-refractivity contribution in [1.82, 2.24) is 9.21 Å². The molecule has 2 N–H and O–H groups in total. The van der Waals surface area contributed by atoms with Gasteiger partial charge in [-0.2, -0.15) is 12.7 Å². The summed E-state index contributed by atoms with van der Waals surface area (Å²) in [6.07, 6.45) is 0. The molecule has 0 atom stereocenters. The van der Waals surface area contributed by atoms with Gasteiger partial charge in [0, 0.05) is 35.8 Å². The molecule has 11 heteroatoms. The monoisotopic (exact) mass is 570 g/mol. The molecule has 2 aromatic rings. The Labute approximate surface area is 193 Å². The molecule has 1 fully saturated rings. The third-order valence-electron chi connectivity index (χ3n) is 4.87. The van der Waals surface area contributed by atoms with Crippen LogP contribution in [0.2, 0.25) is 5.02 Å². The second-order valence-corrected chi connectivity index (χ2v) is 10.5. The number of nitrogens with zero attached hydrogens (tertiary/aromatic N) is 2. The molecule has 0 radical (unpaired) electrons. The highest BCUT2D eigenvalue weighted by Gasteiger charge is 2.29. The highest BCUT2D eigenvalue weighted by Crippen LogP contribution is 2.34. The van der Waals surface area contributed by atoms with Crippen LogP contribution in [0, 0.1) is 15.2 Å². The number of hydrogen-bond acceptors (Lipinski definition) is 4. The van der Waals surface area contributed by atoms with E-state index < -0.39 is 21.8 Å². The molecular formula is C19H22ClF2IN4O2S. The van der Waals surface area contributed by atoms with Crippen molar-refractivity contribution < 1.29 is 17.2 Å². The standard InChI is InChI=1S/C19H22ClF2IN4O2S/c1-12(2)26-7-9-27(10-8-26)30(28,29)25-17-6-4-15(21)18(22)19(17)24-16-5-3-13(23)11-14(16)20/h3-6,11-12,24-25H,7-10H2,1-2H3. The molecule has 164 valence electrons. The fourth-order valence-corrected chi connectivity index (χ4v) is 5.27. The Morgan fingerprint density at radius 1 is 1.07 bits per heavy atom. The Kier molecular flexibility index (Phi) is 7.44. The van der Waals surface area contributed by atoms with E-state index in [0.717, 1.165) is 9.64 Å². The number of rotatable bonds is 6. The average Bonchev–Trinajstić information content (AvgIpc) is 2.69. The molecular weight excluding hydrogens is 549 g/mol. The first-order chi connectivity index (χ1) is 14.1. The maximum atomic E-state index is 14.6. The van der Waals surface area contributed by atoms with Crippen LogP contribution >= 0.6 is 34.2 Å². The van der Waals surface area contributed by atoms with Crippen LogP contribution in [0.3, 0.4) is 0 Å². The van der Waals surface area contributed by atoms with Crippen LogP contribution in [0.1, 0.15) is 13.8 Å². The first-order valence-electron chi connectivity index (χ1n) is 9.30. The van der Waals surface area contributed by atoms with Gasteiger partial charge in [0.25, 0.3) is 0 Å². The van der Waals surface area contributed by atoms with Gasteiger partial charge in [0.05, 0.1) is 16.4 Å². The molecule has 0 saturated carbocycles. The van der Waals surface area contributed by atoms with E-state index in [1.54, 1.807) is 18.2 Å². The summed E-state index contributed by atoms with van der Waals surface area (Å²) in [6, 6.07) is 7.39. The smallest absolute Gasteiger partial charge is 0.301 e. The maximum Gasteiger partial charge on any atom is 0.301 e. The van der Waals surface area contributed by atoms with Crippen LogP contribution < -0.4 is 10.0 Å². The third kappa shape index (κ3) is 5.34. The Balaban J connectivity index is 1.86. The van der Waals surface area contributed by atoms with E-state index in [4.69, 9.17) is 11.6 Å². The lowest BCUT2D eigenvalue weighted by molar-refractivity contribution is 0.154. The lowest BCUT2D eigenvalue weighted by atomic mass is 10.2. The van der Waals surface area contributed by atoms with E-state index in [1.807, 2.05) is 0 Å². The topological polar surface area (TPSA) is 64.7 Å². The van der Waals surface area contributed by atoms with Gasteiger partial charge in [0.15, 0.2) is 11.6 Å². The van der Waals surface area contributed by atoms with Crippen LogP contribution in [-0.4, -0.2) is 49.8 Å². The van der Waals surface area contributed by atoms with Crippen molar-refractivity contribution in [3.05, 3.63) is 50.6 Å². The van der Waals surface area contributed by atoms with Crippen LogP contribution in [0.4, 0.5) is 25.8 Å². The molecule has 1 aliphatic rings. The summed E-state index contributed by atoms with van der Waals surface area (Å²) >= 11 is 8.26. The zero-order chi connectivity index (χ0) is 22.1. The molecule has 0 aliphatic carbocycles. The van der Waals surface area contributed by atoms with Gasteiger partial charge in [0.1, 0.15) is 5.69 Å². The van der Waals surface area contributed by atoms with E-state index in [9.17, 15) is 17.2 Å². The molecule has 0 aromatic heterocycles. The van der Waals surface area contributed by atoms with E-state index in [0.29, 0.717) is 42.9 Å². The van der Waals surface area contributed by atoms with Crippen LogP contribution in [0.25, 0.3) is 0 Å². The van der Waals surface area contributed by atoms with Gasteiger partial charge in [-0.05, 0) is 66.8 Å². The molecule has 1 heterocycles. The highest BCUT2D eigenvalue weighted by molar-refractivity contribution is 14.1. The van der Waals surface area contributed by atoms with Crippen molar-refractivity contribution >= 4 is 61.5 Å². The van der Waals surface area contributed by atoms with Crippen LogP contribution in [0.5, 0.6) is 0 Å². The summed E-state index contributed by atoms with van der Waals surface area (Å²) in [4.78, 5) is 2.18. The first-order valence-corrected chi connectivity index (χ1v) is 12.2. The van der Waals surface area contributed by atoms with Gasteiger partial charge in [-0.1, -0.05) is 11.6 Å². The normalized spacial score (nSPS) is 16.1. The summed E-state index contributed by atoms with van der Waals surface area (Å²) in [6.45, 7) is 5.92. The van der Waals surface area contributed by atoms with Gasteiger partial charge in [0.2, 0.25) is 0 Å². The molecule has 3 rings (SSSR count). The number of hydrogen-bond donors (Lipinski definition) is 2. The minimum atomic E-state index is -3.95.